The van der Waals surface area contributed by atoms with E-state index in [-0.39, 0.29) is 25.0 Å². The highest BCUT2D eigenvalue weighted by Crippen LogP contribution is 2.24. The van der Waals surface area contributed by atoms with Crippen molar-refractivity contribution in [1.29, 1.82) is 0 Å². The molecule has 196 valence electrons. The lowest BCUT2D eigenvalue weighted by Crippen LogP contribution is -2.55. The van der Waals surface area contributed by atoms with Crippen molar-refractivity contribution in [3.05, 3.63) is 99.0 Å². The van der Waals surface area contributed by atoms with Crippen LogP contribution in [-0.4, -0.2) is 34.9 Å². The number of nitrogens with one attached hydrogen (secondary N) is 1. The topological polar surface area (TPSA) is 58.6 Å². The number of aryl methyl sites for hydroxylation is 2. The van der Waals surface area contributed by atoms with Crippen LogP contribution in [-0.2, 0) is 22.6 Å². The summed E-state index contributed by atoms with van der Waals surface area (Å²) in [6.07, 6.45) is 0.396. The molecule has 3 rings (SSSR count). The molecular weight excluding hydrogens is 528 g/mol. The molecule has 6 heteroatoms. The van der Waals surface area contributed by atoms with Gasteiger partial charge in [0.2, 0.25) is 5.91 Å². The van der Waals surface area contributed by atoms with Crippen molar-refractivity contribution in [1.82, 2.24) is 10.2 Å². The predicted molar refractivity (Wildman–Crippen MR) is 153 cm³/mol. The van der Waals surface area contributed by atoms with Gasteiger partial charge in [-0.05, 0) is 87.6 Å². The number of halogens is 1. The van der Waals surface area contributed by atoms with E-state index in [1.165, 1.54) is 0 Å². The Morgan fingerprint density at radius 2 is 1.59 bits per heavy atom. The van der Waals surface area contributed by atoms with Gasteiger partial charge in [0.1, 0.15) is 11.8 Å². The highest BCUT2D eigenvalue weighted by atomic mass is 79.9. The van der Waals surface area contributed by atoms with Crippen molar-refractivity contribution in [2.24, 2.45) is 0 Å². The van der Waals surface area contributed by atoms with Crippen LogP contribution in [0.4, 0.5) is 0 Å². The average molecular weight is 566 g/mol. The van der Waals surface area contributed by atoms with E-state index in [2.05, 4.69) is 27.3 Å². The van der Waals surface area contributed by atoms with E-state index in [9.17, 15) is 9.59 Å². The number of hydrogen-bond acceptors (Lipinski definition) is 3. The fourth-order valence-electron chi connectivity index (χ4n) is 4.17. The van der Waals surface area contributed by atoms with Crippen LogP contribution < -0.4 is 10.1 Å². The Hall–Kier alpha value is -3.12. The monoisotopic (exact) mass is 564 g/mol. The highest BCUT2D eigenvalue weighted by molar-refractivity contribution is 9.10. The summed E-state index contributed by atoms with van der Waals surface area (Å²) in [6, 6.07) is 20.9. The van der Waals surface area contributed by atoms with Gasteiger partial charge in [-0.2, -0.15) is 0 Å². The number of carbonyl (C=O) groups excluding carboxylic acids is 2. The van der Waals surface area contributed by atoms with Crippen LogP contribution in [0.25, 0.3) is 0 Å². The van der Waals surface area contributed by atoms with E-state index in [1.807, 2.05) is 102 Å². The SMILES string of the molecule is Cc1cc(C)c(C)c(OCC(=O)N(Cc2ccc(Br)cc2)C(Cc2ccccc2)C(=O)NC(C)(C)C)c1. The molecule has 3 aromatic rings. The summed E-state index contributed by atoms with van der Waals surface area (Å²) < 4.78 is 7.00. The van der Waals surface area contributed by atoms with Gasteiger partial charge in [0.25, 0.3) is 5.91 Å². The van der Waals surface area contributed by atoms with Crippen molar-refractivity contribution in [3.8, 4) is 5.75 Å². The van der Waals surface area contributed by atoms with E-state index in [4.69, 9.17) is 4.74 Å². The zero-order valence-corrected chi connectivity index (χ0v) is 24.2. The smallest absolute Gasteiger partial charge is 0.261 e. The van der Waals surface area contributed by atoms with Gasteiger partial charge in [-0.25, -0.2) is 0 Å². The summed E-state index contributed by atoms with van der Waals surface area (Å²) in [5.41, 5.74) is 4.66. The molecule has 0 bridgehead atoms. The molecule has 0 saturated heterocycles. The number of hydrogen-bond donors (Lipinski definition) is 1. The molecule has 1 atom stereocenters. The Bertz CT molecular complexity index is 1220. The van der Waals surface area contributed by atoms with Crippen molar-refractivity contribution in [3.63, 3.8) is 0 Å². The van der Waals surface area contributed by atoms with Crippen molar-refractivity contribution in [2.75, 3.05) is 6.61 Å². The van der Waals surface area contributed by atoms with Crippen LogP contribution in [0.15, 0.2) is 71.2 Å². The lowest BCUT2D eigenvalue weighted by Gasteiger charge is -2.34. The summed E-state index contributed by atoms with van der Waals surface area (Å²) in [5, 5.41) is 3.09. The molecule has 0 saturated carbocycles. The Morgan fingerprint density at radius 3 is 2.22 bits per heavy atom. The molecule has 0 aliphatic rings. The summed E-state index contributed by atoms with van der Waals surface area (Å²) in [4.78, 5) is 29.0. The second-order valence-electron chi connectivity index (χ2n) is 10.6. The first-order valence-electron chi connectivity index (χ1n) is 12.5. The van der Waals surface area contributed by atoms with Crippen LogP contribution in [0.2, 0.25) is 0 Å². The third-order valence-electron chi connectivity index (χ3n) is 6.15. The van der Waals surface area contributed by atoms with E-state index >= 15 is 0 Å². The Morgan fingerprint density at radius 1 is 0.946 bits per heavy atom. The molecule has 3 aromatic carbocycles. The van der Waals surface area contributed by atoms with Gasteiger partial charge in [-0.3, -0.25) is 9.59 Å². The number of benzene rings is 3. The van der Waals surface area contributed by atoms with E-state index in [0.717, 1.165) is 32.3 Å². The quantitative estimate of drug-likeness (QED) is 0.331. The normalized spacial score (nSPS) is 12.1. The molecule has 0 heterocycles. The number of carbonyl (C=O) groups is 2. The van der Waals surface area contributed by atoms with Gasteiger partial charge in [0.05, 0.1) is 0 Å². The molecule has 0 aliphatic heterocycles. The van der Waals surface area contributed by atoms with E-state index in [1.54, 1.807) is 4.90 Å². The Labute approximate surface area is 229 Å². The maximum atomic E-state index is 13.8. The summed E-state index contributed by atoms with van der Waals surface area (Å²) in [5.74, 6) is 0.254. The van der Waals surface area contributed by atoms with Crippen LogP contribution in [0.1, 0.15) is 48.6 Å². The molecule has 1 unspecified atom stereocenters. The zero-order chi connectivity index (χ0) is 27.2. The fraction of sp³-hybridized carbons (Fsp3) is 0.355. The summed E-state index contributed by atoms with van der Waals surface area (Å²) in [6.45, 7) is 12.0. The Kier molecular flexibility index (Phi) is 9.55. The lowest BCUT2D eigenvalue weighted by molar-refractivity contribution is -0.143. The van der Waals surface area contributed by atoms with Crippen molar-refractivity contribution in [2.45, 2.75) is 66.1 Å². The van der Waals surface area contributed by atoms with Crippen LogP contribution in [0.3, 0.4) is 0 Å². The minimum absolute atomic E-state index is 0.158. The third kappa shape index (κ3) is 8.46. The van der Waals surface area contributed by atoms with Gasteiger partial charge in [-0.15, -0.1) is 0 Å². The highest BCUT2D eigenvalue weighted by Gasteiger charge is 2.32. The molecule has 0 fully saturated rings. The van der Waals surface area contributed by atoms with Gasteiger partial charge < -0.3 is 15.0 Å². The molecular formula is C31H37BrN2O3. The molecule has 5 nitrogen and oxygen atoms in total. The summed E-state index contributed by atoms with van der Waals surface area (Å²) >= 11 is 3.47. The van der Waals surface area contributed by atoms with Gasteiger partial charge in [0, 0.05) is 23.0 Å². The Balaban J connectivity index is 1.95. The molecule has 0 spiro atoms. The molecule has 0 aliphatic carbocycles. The lowest BCUT2D eigenvalue weighted by atomic mass is 10.0. The molecule has 37 heavy (non-hydrogen) atoms. The zero-order valence-electron chi connectivity index (χ0n) is 22.6. The maximum Gasteiger partial charge on any atom is 0.261 e. The second-order valence-corrected chi connectivity index (χ2v) is 11.5. The summed E-state index contributed by atoms with van der Waals surface area (Å²) in [7, 11) is 0. The first-order chi connectivity index (χ1) is 17.4. The fourth-order valence-corrected chi connectivity index (χ4v) is 4.43. The molecule has 2 amide bonds. The first-order valence-corrected chi connectivity index (χ1v) is 13.3. The van der Waals surface area contributed by atoms with Crippen molar-refractivity contribution < 1.29 is 14.3 Å². The van der Waals surface area contributed by atoms with Crippen molar-refractivity contribution >= 4 is 27.7 Å². The molecule has 1 N–H and O–H groups in total. The standard InChI is InChI=1S/C31H37BrN2O3/c1-21-16-22(2)23(3)28(17-21)37-20-29(35)34(19-25-12-14-26(32)15-13-25)27(30(36)33-31(4,5)6)18-24-10-8-7-9-11-24/h7-17,27H,18-20H2,1-6H3,(H,33,36). The van der Waals surface area contributed by atoms with Gasteiger partial charge in [-0.1, -0.05) is 64.5 Å². The van der Waals surface area contributed by atoms with E-state index < -0.39 is 11.6 Å². The first kappa shape index (κ1) is 28.5. The molecule has 0 radical (unpaired) electrons. The molecule has 0 aromatic heterocycles. The largest absolute Gasteiger partial charge is 0.483 e. The van der Waals surface area contributed by atoms with Crippen LogP contribution in [0, 0.1) is 20.8 Å². The third-order valence-corrected chi connectivity index (χ3v) is 6.68. The van der Waals surface area contributed by atoms with Gasteiger partial charge in [0.15, 0.2) is 6.61 Å². The van der Waals surface area contributed by atoms with Gasteiger partial charge >= 0.3 is 0 Å². The average Bonchev–Trinajstić information content (AvgIpc) is 2.83. The van der Waals surface area contributed by atoms with Crippen LogP contribution >= 0.6 is 15.9 Å². The predicted octanol–water partition coefficient (Wildman–Crippen LogP) is 6.31. The van der Waals surface area contributed by atoms with Crippen LogP contribution in [0.5, 0.6) is 5.75 Å². The maximum absolute atomic E-state index is 13.8. The number of rotatable bonds is 9. The van der Waals surface area contributed by atoms with E-state index in [0.29, 0.717) is 12.2 Å². The minimum atomic E-state index is -0.707. The number of ether oxygens (including phenoxy) is 1. The number of amides is 2. The second kappa shape index (κ2) is 12.4. The number of nitrogens with zero attached hydrogens (tertiary/aromatic N) is 1. The minimum Gasteiger partial charge on any atom is -0.483 e.